The number of ether oxygens (including phenoxy) is 1. The Bertz CT molecular complexity index is 690. The Morgan fingerprint density at radius 1 is 1.23 bits per heavy atom. The first kappa shape index (κ1) is 19.2. The molecule has 3 rings (SSSR count). The summed E-state index contributed by atoms with van der Waals surface area (Å²) in [6.45, 7) is 6.26. The Kier molecular flexibility index (Phi) is 7.32. The SMILES string of the molecule is S=C(Nc1ccco1)N(CCCN1CCOCC1)Cc1cccc(Cl)c1. The van der Waals surface area contributed by atoms with Gasteiger partial charge in [0.05, 0.1) is 19.5 Å². The first-order valence-electron chi connectivity index (χ1n) is 8.85. The molecular formula is C19H24ClN3O2S. The zero-order valence-corrected chi connectivity index (χ0v) is 16.3. The first-order valence-corrected chi connectivity index (χ1v) is 9.63. The third-order valence-electron chi connectivity index (χ3n) is 4.31. The van der Waals surface area contributed by atoms with Gasteiger partial charge in [-0.2, -0.15) is 0 Å². The van der Waals surface area contributed by atoms with E-state index in [9.17, 15) is 0 Å². The summed E-state index contributed by atoms with van der Waals surface area (Å²) >= 11 is 11.7. The summed E-state index contributed by atoms with van der Waals surface area (Å²) in [6.07, 6.45) is 2.66. The Morgan fingerprint density at radius 3 is 2.81 bits per heavy atom. The van der Waals surface area contributed by atoms with Crippen molar-refractivity contribution in [3.8, 4) is 0 Å². The molecule has 2 heterocycles. The number of furan rings is 1. The summed E-state index contributed by atoms with van der Waals surface area (Å²) in [5.74, 6) is 0.652. The van der Waals surface area contributed by atoms with E-state index in [1.54, 1.807) is 6.26 Å². The van der Waals surface area contributed by atoms with Gasteiger partial charge in [-0.05, 0) is 42.4 Å². The van der Waals surface area contributed by atoms with Crippen LogP contribution in [-0.4, -0.2) is 54.3 Å². The van der Waals surface area contributed by atoms with Gasteiger partial charge in [0.1, 0.15) is 0 Å². The molecule has 0 atom stereocenters. The second kappa shape index (κ2) is 9.92. The first-order chi connectivity index (χ1) is 12.7. The van der Waals surface area contributed by atoms with Crippen molar-refractivity contribution < 1.29 is 9.15 Å². The minimum absolute atomic E-state index is 0.652. The van der Waals surface area contributed by atoms with Crippen molar-refractivity contribution in [2.45, 2.75) is 13.0 Å². The van der Waals surface area contributed by atoms with E-state index >= 15 is 0 Å². The molecule has 1 fully saturated rings. The minimum atomic E-state index is 0.652. The highest BCUT2D eigenvalue weighted by molar-refractivity contribution is 7.80. The van der Waals surface area contributed by atoms with Crippen LogP contribution in [0.15, 0.2) is 47.1 Å². The Morgan fingerprint density at radius 2 is 2.08 bits per heavy atom. The summed E-state index contributed by atoms with van der Waals surface area (Å²) in [7, 11) is 0. The van der Waals surface area contributed by atoms with E-state index in [2.05, 4.69) is 21.2 Å². The van der Waals surface area contributed by atoms with E-state index < -0.39 is 0 Å². The van der Waals surface area contributed by atoms with Crippen molar-refractivity contribution in [3.05, 3.63) is 53.2 Å². The van der Waals surface area contributed by atoms with Gasteiger partial charge >= 0.3 is 0 Å². The van der Waals surface area contributed by atoms with Crippen molar-refractivity contribution in [3.63, 3.8) is 0 Å². The lowest BCUT2D eigenvalue weighted by Crippen LogP contribution is -2.39. The smallest absolute Gasteiger partial charge is 0.198 e. The van der Waals surface area contributed by atoms with E-state index in [1.807, 2.05) is 30.3 Å². The van der Waals surface area contributed by atoms with Crippen LogP contribution in [-0.2, 0) is 11.3 Å². The van der Waals surface area contributed by atoms with Gasteiger partial charge in [0, 0.05) is 43.8 Å². The van der Waals surface area contributed by atoms with Crippen LogP contribution in [0, 0.1) is 0 Å². The summed E-state index contributed by atoms with van der Waals surface area (Å²) in [4.78, 5) is 4.59. The topological polar surface area (TPSA) is 40.9 Å². The lowest BCUT2D eigenvalue weighted by Gasteiger charge is -2.29. The molecule has 2 aromatic rings. The lowest BCUT2D eigenvalue weighted by molar-refractivity contribution is 0.0368. The minimum Gasteiger partial charge on any atom is -0.449 e. The predicted octanol–water partition coefficient (Wildman–Crippen LogP) is 3.85. The second-order valence-corrected chi connectivity index (χ2v) is 7.09. The van der Waals surface area contributed by atoms with Gasteiger partial charge in [-0.25, -0.2) is 0 Å². The summed E-state index contributed by atoms with van der Waals surface area (Å²) in [5, 5.41) is 4.56. The van der Waals surface area contributed by atoms with Crippen LogP contribution in [0.3, 0.4) is 0 Å². The van der Waals surface area contributed by atoms with Gasteiger partial charge in [-0.1, -0.05) is 23.7 Å². The van der Waals surface area contributed by atoms with Crippen LogP contribution >= 0.6 is 23.8 Å². The molecule has 0 radical (unpaired) electrons. The van der Waals surface area contributed by atoms with Crippen LogP contribution in [0.1, 0.15) is 12.0 Å². The van der Waals surface area contributed by atoms with Crippen LogP contribution in [0.2, 0.25) is 5.02 Å². The summed E-state index contributed by atoms with van der Waals surface area (Å²) in [5.41, 5.74) is 1.13. The normalized spacial score (nSPS) is 15.0. The van der Waals surface area contributed by atoms with Crippen molar-refractivity contribution >= 4 is 34.8 Å². The highest BCUT2D eigenvalue weighted by atomic mass is 35.5. The van der Waals surface area contributed by atoms with Crippen LogP contribution in [0.25, 0.3) is 0 Å². The Balaban J connectivity index is 1.59. The van der Waals surface area contributed by atoms with Gasteiger partial charge < -0.3 is 19.4 Å². The number of morpholine rings is 1. The highest BCUT2D eigenvalue weighted by Crippen LogP contribution is 2.15. The number of halogens is 1. The third kappa shape index (κ3) is 5.99. The van der Waals surface area contributed by atoms with E-state index in [4.69, 9.17) is 33.0 Å². The summed E-state index contributed by atoms with van der Waals surface area (Å²) < 4.78 is 10.8. The van der Waals surface area contributed by atoms with Crippen LogP contribution in [0.4, 0.5) is 5.88 Å². The van der Waals surface area contributed by atoms with Crippen molar-refractivity contribution in [1.82, 2.24) is 9.80 Å². The molecule has 1 N–H and O–H groups in total. The molecule has 0 saturated carbocycles. The Labute approximate surface area is 164 Å². The zero-order valence-electron chi connectivity index (χ0n) is 14.7. The number of benzene rings is 1. The molecule has 1 aliphatic heterocycles. The molecule has 1 aliphatic rings. The van der Waals surface area contributed by atoms with Gasteiger partial charge in [0.25, 0.3) is 0 Å². The van der Waals surface area contributed by atoms with Crippen molar-refractivity contribution in [2.24, 2.45) is 0 Å². The fraction of sp³-hybridized carbons (Fsp3) is 0.421. The maximum atomic E-state index is 6.13. The highest BCUT2D eigenvalue weighted by Gasteiger charge is 2.14. The van der Waals surface area contributed by atoms with Crippen LogP contribution < -0.4 is 5.32 Å². The number of hydrogen-bond acceptors (Lipinski definition) is 4. The number of thiocarbonyl (C=S) groups is 1. The average molecular weight is 394 g/mol. The van der Waals surface area contributed by atoms with Gasteiger partial charge in [0.2, 0.25) is 0 Å². The largest absolute Gasteiger partial charge is 0.449 e. The van der Waals surface area contributed by atoms with Crippen LogP contribution in [0.5, 0.6) is 0 Å². The number of anilines is 1. The molecule has 0 unspecified atom stereocenters. The van der Waals surface area contributed by atoms with Crippen molar-refractivity contribution in [2.75, 3.05) is 44.7 Å². The number of nitrogens with one attached hydrogen (secondary N) is 1. The molecule has 1 aromatic heterocycles. The van der Waals surface area contributed by atoms with Gasteiger partial charge in [0.15, 0.2) is 11.0 Å². The molecular weight excluding hydrogens is 370 g/mol. The molecule has 0 bridgehead atoms. The molecule has 1 saturated heterocycles. The van der Waals surface area contributed by atoms with E-state index in [0.717, 1.165) is 56.4 Å². The van der Waals surface area contributed by atoms with E-state index in [1.165, 1.54) is 0 Å². The zero-order chi connectivity index (χ0) is 18.2. The fourth-order valence-corrected chi connectivity index (χ4v) is 3.42. The Hall–Kier alpha value is -1.60. The molecule has 0 spiro atoms. The quantitative estimate of drug-likeness (QED) is 0.720. The van der Waals surface area contributed by atoms with Gasteiger partial charge in [-0.15, -0.1) is 0 Å². The molecule has 0 aliphatic carbocycles. The molecule has 7 heteroatoms. The molecule has 26 heavy (non-hydrogen) atoms. The maximum Gasteiger partial charge on any atom is 0.198 e. The van der Waals surface area contributed by atoms with Gasteiger partial charge in [-0.3, -0.25) is 4.90 Å². The van der Waals surface area contributed by atoms with Crippen molar-refractivity contribution in [1.29, 1.82) is 0 Å². The molecule has 5 nitrogen and oxygen atoms in total. The molecule has 1 aromatic carbocycles. The monoisotopic (exact) mass is 393 g/mol. The van der Waals surface area contributed by atoms with E-state index in [0.29, 0.717) is 17.5 Å². The number of hydrogen-bond donors (Lipinski definition) is 1. The third-order valence-corrected chi connectivity index (χ3v) is 4.90. The number of rotatable bonds is 7. The average Bonchev–Trinajstić information content (AvgIpc) is 3.15. The standard InChI is InChI=1S/C19H24ClN3O2S/c20-17-5-1-4-16(14-17)15-23(19(26)21-18-6-2-11-25-18)8-3-7-22-9-12-24-13-10-22/h1-2,4-6,11,14H,3,7-10,12-13,15H2,(H,21,26). The molecule has 140 valence electrons. The molecule has 0 amide bonds. The predicted molar refractivity (Wildman–Crippen MR) is 109 cm³/mol. The lowest BCUT2D eigenvalue weighted by atomic mass is 10.2. The fourth-order valence-electron chi connectivity index (χ4n) is 2.95. The summed E-state index contributed by atoms with van der Waals surface area (Å²) in [6, 6.07) is 11.6. The number of nitrogens with zero attached hydrogens (tertiary/aromatic N) is 2. The van der Waals surface area contributed by atoms with E-state index in [-0.39, 0.29) is 0 Å². The maximum absolute atomic E-state index is 6.13. The second-order valence-electron chi connectivity index (χ2n) is 6.27.